The molecule has 1 N–H and O–H groups in total. The van der Waals surface area contributed by atoms with Gasteiger partial charge in [0.1, 0.15) is 23.3 Å². The zero-order valence-electron chi connectivity index (χ0n) is 39.3. The summed E-state index contributed by atoms with van der Waals surface area (Å²) in [6.07, 6.45) is 2.18. The van der Waals surface area contributed by atoms with Gasteiger partial charge in [0.2, 0.25) is 5.91 Å². The van der Waals surface area contributed by atoms with Crippen LogP contribution in [0.5, 0.6) is 5.75 Å². The van der Waals surface area contributed by atoms with Crippen LogP contribution in [-0.4, -0.2) is 91.6 Å². The van der Waals surface area contributed by atoms with E-state index in [1.807, 2.05) is 60.7 Å². The zero-order valence-corrected chi connectivity index (χ0v) is 39.3. The Morgan fingerprint density at radius 2 is 1.59 bits per heavy atom. The smallest absolute Gasteiger partial charge is 0.264 e. The van der Waals surface area contributed by atoms with Crippen molar-refractivity contribution >= 4 is 29.1 Å². The molecule has 1 saturated heterocycles. The van der Waals surface area contributed by atoms with Gasteiger partial charge in [0.25, 0.3) is 11.8 Å². The Kier molecular flexibility index (Phi) is 11.8. The van der Waals surface area contributed by atoms with E-state index in [0.717, 1.165) is 55.0 Å². The minimum absolute atomic E-state index is 0.0517. The number of morpholine rings is 1. The van der Waals surface area contributed by atoms with Gasteiger partial charge in [-0.15, -0.1) is 0 Å². The average Bonchev–Trinajstić information content (AvgIpc) is 4.04. The molecule has 3 amide bonds. The molecule has 2 aromatic heterocycles. The van der Waals surface area contributed by atoms with Gasteiger partial charge in [-0.1, -0.05) is 36.4 Å². The minimum Gasteiger partial charge on any atom is -0.508 e. The predicted octanol–water partition coefficient (Wildman–Crippen LogP) is 8.24. The van der Waals surface area contributed by atoms with E-state index in [1.165, 1.54) is 17.7 Å². The van der Waals surface area contributed by atoms with Crippen LogP contribution in [0, 0.1) is 31.0 Å². The van der Waals surface area contributed by atoms with Gasteiger partial charge in [-0.3, -0.25) is 24.2 Å². The molecular formula is C55H56FN7O5. The fourth-order valence-electron chi connectivity index (χ4n) is 10.7. The maximum atomic E-state index is 15.7. The molecule has 6 aromatic rings. The predicted molar refractivity (Wildman–Crippen MR) is 257 cm³/mol. The van der Waals surface area contributed by atoms with Crippen LogP contribution < -0.4 is 4.90 Å². The number of ether oxygens (including phenoxy) is 1. The van der Waals surface area contributed by atoms with Crippen molar-refractivity contribution in [1.82, 2.24) is 23.8 Å². The molecule has 2 fully saturated rings. The molecule has 1 aliphatic carbocycles. The first kappa shape index (κ1) is 44.8. The van der Waals surface area contributed by atoms with E-state index >= 15 is 14.0 Å². The topological polar surface area (TPSA) is 127 Å². The summed E-state index contributed by atoms with van der Waals surface area (Å²) in [6.45, 7) is 10.2. The monoisotopic (exact) mass is 913 g/mol. The molecule has 3 atom stereocenters. The molecule has 12 nitrogen and oxygen atoms in total. The number of carbonyl (C=O) groups is 3. The SMILES string of the molecule is Cc1c(N(C(=O)c2cc(-c3cc4c(cc3C(=O)N3Cc5ccccc5C[C@H]3C)CN(C(=O)Cc3ccc([C@@H]5C[C@H]5N5CCOCC5)cc3F)CC4)n(C)c2C)c2ccc(O)cc2)cc(C#N)n1C. The van der Waals surface area contributed by atoms with Crippen molar-refractivity contribution in [3.8, 4) is 23.1 Å². The molecule has 0 spiro atoms. The van der Waals surface area contributed by atoms with Gasteiger partial charge < -0.3 is 28.8 Å². The fourth-order valence-corrected chi connectivity index (χ4v) is 10.7. The van der Waals surface area contributed by atoms with Crippen molar-refractivity contribution in [2.45, 2.75) is 77.5 Å². The third-order valence-electron chi connectivity index (χ3n) is 15.0. The maximum absolute atomic E-state index is 15.7. The van der Waals surface area contributed by atoms with Gasteiger partial charge in [-0.2, -0.15) is 5.26 Å². The summed E-state index contributed by atoms with van der Waals surface area (Å²) >= 11 is 0. The van der Waals surface area contributed by atoms with Crippen molar-refractivity contribution in [3.63, 3.8) is 0 Å². The van der Waals surface area contributed by atoms with Crippen molar-refractivity contribution in [1.29, 1.82) is 5.26 Å². The van der Waals surface area contributed by atoms with E-state index in [0.29, 0.717) is 94.3 Å². The fraction of sp³-hybridized carbons (Fsp3) is 0.345. The average molecular weight is 914 g/mol. The van der Waals surface area contributed by atoms with Crippen molar-refractivity contribution in [2.75, 3.05) is 37.7 Å². The van der Waals surface area contributed by atoms with E-state index in [4.69, 9.17) is 4.74 Å². The van der Waals surface area contributed by atoms with Gasteiger partial charge in [-0.25, -0.2) is 4.39 Å². The Labute approximate surface area is 396 Å². The maximum Gasteiger partial charge on any atom is 0.264 e. The molecule has 1 saturated carbocycles. The number of nitrogens with zero attached hydrogens (tertiary/aromatic N) is 7. The number of aromatic hydroxyl groups is 1. The van der Waals surface area contributed by atoms with Gasteiger partial charge in [0, 0.05) is 98.7 Å². The Morgan fingerprint density at radius 3 is 2.31 bits per heavy atom. The number of amides is 3. The molecule has 68 heavy (non-hydrogen) atoms. The highest BCUT2D eigenvalue weighted by Crippen LogP contribution is 2.45. The van der Waals surface area contributed by atoms with Crippen LogP contribution in [-0.2, 0) is 56.0 Å². The van der Waals surface area contributed by atoms with Crippen LogP contribution in [0.4, 0.5) is 15.8 Å². The highest BCUT2D eigenvalue weighted by atomic mass is 19.1. The molecule has 4 aliphatic rings. The molecule has 348 valence electrons. The summed E-state index contributed by atoms with van der Waals surface area (Å²) in [6, 6.07) is 30.0. The number of halogens is 1. The Hall–Kier alpha value is -7.01. The first-order valence-corrected chi connectivity index (χ1v) is 23.6. The molecule has 0 unspecified atom stereocenters. The summed E-state index contributed by atoms with van der Waals surface area (Å²) in [5.74, 6) is -0.680. The lowest BCUT2D eigenvalue weighted by molar-refractivity contribution is -0.131. The molecule has 5 heterocycles. The molecule has 0 bridgehead atoms. The van der Waals surface area contributed by atoms with Gasteiger partial charge >= 0.3 is 0 Å². The van der Waals surface area contributed by atoms with E-state index in [9.17, 15) is 15.2 Å². The van der Waals surface area contributed by atoms with Crippen molar-refractivity contribution in [3.05, 3.63) is 158 Å². The molecule has 10 rings (SSSR count). The van der Waals surface area contributed by atoms with E-state index < -0.39 is 0 Å². The largest absolute Gasteiger partial charge is 0.508 e. The summed E-state index contributed by atoms with van der Waals surface area (Å²) in [5, 5.41) is 20.1. The Morgan fingerprint density at radius 1 is 0.838 bits per heavy atom. The normalized spacial score (nSPS) is 19.0. The van der Waals surface area contributed by atoms with Crippen molar-refractivity contribution in [2.24, 2.45) is 14.1 Å². The molecule has 3 aliphatic heterocycles. The van der Waals surface area contributed by atoms with E-state index in [1.54, 1.807) is 51.7 Å². The van der Waals surface area contributed by atoms with E-state index in [2.05, 4.69) is 36.1 Å². The minimum atomic E-state index is -0.358. The van der Waals surface area contributed by atoms with Crippen LogP contribution in [0.25, 0.3) is 11.3 Å². The number of anilines is 2. The number of hydrogen-bond donors (Lipinski definition) is 1. The first-order valence-electron chi connectivity index (χ1n) is 23.6. The van der Waals surface area contributed by atoms with Crippen LogP contribution in [0.15, 0.2) is 91.0 Å². The Bertz CT molecular complexity index is 3030. The second-order valence-corrected chi connectivity index (χ2v) is 19.0. The number of fused-ring (bicyclic) bond motifs is 2. The van der Waals surface area contributed by atoms with Gasteiger partial charge in [-0.05, 0) is 128 Å². The second kappa shape index (κ2) is 17.9. The number of phenolic OH excluding ortho intramolecular Hbond substituents is 1. The first-order chi connectivity index (χ1) is 32.8. The molecular weight excluding hydrogens is 858 g/mol. The lowest BCUT2D eigenvalue weighted by Crippen LogP contribution is -2.43. The summed E-state index contributed by atoms with van der Waals surface area (Å²) in [7, 11) is 3.67. The van der Waals surface area contributed by atoms with Gasteiger partial charge in [0.15, 0.2) is 0 Å². The second-order valence-electron chi connectivity index (χ2n) is 19.0. The number of aromatic nitrogens is 2. The number of benzene rings is 4. The molecule has 4 aromatic carbocycles. The van der Waals surface area contributed by atoms with E-state index in [-0.39, 0.29) is 48.3 Å². The summed E-state index contributed by atoms with van der Waals surface area (Å²) in [4.78, 5) is 51.9. The number of rotatable bonds is 9. The number of hydrogen-bond acceptors (Lipinski definition) is 7. The highest BCUT2D eigenvalue weighted by Gasteiger charge is 2.43. The molecule has 0 radical (unpaired) electrons. The zero-order chi connectivity index (χ0) is 47.5. The lowest BCUT2D eigenvalue weighted by Gasteiger charge is -2.36. The van der Waals surface area contributed by atoms with Crippen LogP contribution >= 0.6 is 0 Å². The third-order valence-corrected chi connectivity index (χ3v) is 15.0. The highest BCUT2D eigenvalue weighted by molar-refractivity contribution is 6.13. The van der Waals surface area contributed by atoms with Crippen LogP contribution in [0.1, 0.15) is 90.4 Å². The lowest BCUT2D eigenvalue weighted by atomic mass is 9.89. The van der Waals surface area contributed by atoms with Gasteiger partial charge in [0.05, 0.1) is 30.9 Å². The number of nitriles is 1. The third kappa shape index (κ3) is 8.15. The van der Waals surface area contributed by atoms with Crippen LogP contribution in [0.3, 0.4) is 0 Å². The Balaban J connectivity index is 0.978. The summed E-state index contributed by atoms with van der Waals surface area (Å²) in [5.41, 5.74) is 10.5. The summed E-state index contributed by atoms with van der Waals surface area (Å²) < 4.78 is 24.9. The van der Waals surface area contributed by atoms with Crippen molar-refractivity contribution < 1.29 is 28.6 Å². The standard InChI is InChI=1S/C55H56FN7O5/c1-33-22-36-8-6-7-9-40(36)32-62(33)54(66)48-24-41-31-61(53(65)26-39-11-10-38(25-49(39)56)46-29-52(46)60-18-20-68-21-19-60)17-16-37(41)23-47(48)51-28-45(34(2)59(51)5)55(67)63(42-12-14-44(64)15-13-42)50-27-43(30-57)58(4)35(50)3/h6-15,23-25,27-28,33,46,52,64H,16-22,26,29,31-32H2,1-5H3/t33-,46+,52-/m1/s1. The number of phenols is 1. The molecule has 13 heteroatoms. The quantitative estimate of drug-likeness (QED) is 0.155. The number of carbonyl (C=O) groups excluding carboxylic acids is 3. The van der Waals surface area contributed by atoms with Crippen LogP contribution in [0.2, 0.25) is 0 Å².